The molecule has 7 heteroatoms. The molecule has 0 saturated carbocycles. The first kappa shape index (κ1) is 25.9. The van der Waals surface area contributed by atoms with E-state index in [1.54, 1.807) is 13.0 Å². The summed E-state index contributed by atoms with van der Waals surface area (Å²) in [5.74, 6) is 0.862. The minimum absolute atomic E-state index is 0.151. The Bertz CT molecular complexity index is 851. The van der Waals surface area contributed by atoms with Gasteiger partial charge in [-0.2, -0.15) is 0 Å². The summed E-state index contributed by atoms with van der Waals surface area (Å²) in [5, 5.41) is 10.6. The standard InChI is InChI=1S/C26H33NO6/c1-2-31-26(29)12-7-4-8-20-32-24-16-13-22(14-17-24)15-18-25(28)27(30)19-9-21-33-23-10-5-3-6-11-23/h3,5-6,10-11,13-18,30H,2,4,7-9,12,19-21H2,1H3. The number of benzene rings is 2. The molecule has 0 aromatic heterocycles. The summed E-state index contributed by atoms with van der Waals surface area (Å²) in [7, 11) is 0. The van der Waals surface area contributed by atoms with Gasteiger partial charge in [0.25, 0.3) is 5.91 Å². The number of hydrogen-bond acceptors (Lipinski definition) is 6. The van der Waals surface area contributed by atoms with Crippen molar-refractivity contribution in [2.24, 2.45) is 0 Å². The van der Waals surface area contributed by atoms with Crippen LogP contribution in [0, 0.1) is 0 Å². The van der Waals surface area contributed by atoms with Crippen molar-refractivity contribution in [1.82, 2.24) is 5.06 Å². The van der Waals surface area contributed by atoms with Crippen molar-refractivity contribution in [1.29, 1.82) is 0 Å². The van der Waals surface area contributed by atoms with Crippen LogP contribution in [-0.2, 0) is 14.3 Å². The van der Waals surface area contributed by atoms with Crippen molar-refractivity contribution in [3.05, 3.63) is 66.2 Å². The van der Waals surface area contributed by atoms with E-state index in [9.17, 15) is 14.8 Å². The van der Waals surface area contributed by atoms with E-state index < -0.39 is 5.91 Å². The Morgan fingerprint density at radius 1 is 0.879 bits per heavy atom. The highest BCUT2D eigenvalue weighted by Crippen LogP contribution is 2.14. The Balaban J connectivity index is 1.60. The smallest absolute Gasteiger partial charge is 0.305 e. The zero-order valence-electron chi connectivity index (χ0n) is 19.2. The van der Waals surface area contributed by atoms with Crippen LogP contribution < -0.4 is 9.47 Å². The largest absolute Gasteiger partial charge is 0.494 e. The average molecular weight is 456 g/mol. The van der Waals surface area contributed by atoms with E-state index in [-0.39, 0.29) is 12.5 Å². The van der Waals surface area contributed by atoms with Gasteiger partial charge >= 0.3 is 5.97 Å². The molecule has 0 bridgehead atoms. The second-order valence-electron chi connectivity index (χ2n) is 7.34. The van der Waals surface area contributed by atoms with Crippen LogP contribution in [0.2, 0.25) is 0 Å². The second-order valence-corrected chi connectivity index (χ2v) is 7.34. The molecule has 0 unspecified atom stereocenters. The van der Waals surface area contributed by atoms with Crippen LogP contribution in [0.25, 0.3) is 6.08 Å². The van der Waals surface area contributed by atoms with Crippen molar-refractivity contribution < 1.29 is 29.0 Å². The second kappa shape index (κ2) is 15.5. The number of hydrogen-bond donors (Lipinski definition) is 1. The number of ether oxygens (including phenoxy) is 3. The Morgan fingerprint density at radius 2 is 1.55 bits per heavy atom. The summed E-state index contributed by atoms with van der Waals surface area (Å²) in [6.45, 7) is 3.39. The van der Waals surface area contributed by atoms with E-state index in [1.165, 1.54) is 6.08 Å². The van der Waals surface area contributed by atoms with Gasteiger partial charge in [0.05, 0.1) is 26.4 Å². The zero-order chi connectivity index (χ0) is 23.7. The lowest BCUT2D eigenvalue weighted by Gasteiger charge is -2.13. The van der Waals surface area contributed by atoms with E-state index in [4.69, 9.17) is 14.2 Å². The SMILES string of the molecule is CCOC(=O)CCCCCOc1ccc(C=CC(=O)N(O)CCCOc2ccccc2)cc1. The van der Waals surface area contributed by atoms with Crippen molar-refractivity contribution in [3.8, 4) is 11.5 Å². The minimum Gasteiger partial charge on any atom is -0.494 e. The van der Waals surface area contributed by atoms with Crippen molar-refractivity contribution >= 4 is 18.0 Å². The monoisotopic (exact) mass is 455 g/mol. The number of esters is 1. The molecule has 1 amide bonds. The fourth-order valence-corrected chi connectivity index (χ4v) is 2.93. The maximum absolute atomic E-state index is 12.0. The first-order valence-electron chi connectivity index (χ1n) is 11.3. The molecule has 0 aliphatic carbocycles. The molecule has 1 N–H and O–H groups in total. The maximum atomic E-state index is 12.0. The Labute approximate surface area is 195 Å². The quantitative estimate of drug-likeness (QED) is 0.135. The van der Waals surface area contributed by atoms with Gasteiger partial charge in [-0.3, -0.25) is 14.8 Å². The van der Waals surface area contributed by atoms with Crippen molar-refractivity contribution in [3.63, 3.8) is 0 Å². The highest BCUT2D eigenvalue weighted by molar-refractivity contribution is 5.90. The normalized spacial score (nSPS) is 10.7. The first-order valence-corrected chi connectivity index (χ1v) is 11.3. The summed E-state index contributed by atoms with van der Waals surface area (Å²) in [5.41, 5.74) is 0.825. The van der Waals surface area contributed by atoms with E-state index in [0.29, 0.717) is 37.7 Å². The Hall–Kier alpha value is -3.32. The number of carbonyl (C=O) groups is 2. The zero-order valence-corrected chi connectivity index (χ0v) is 19.2. The fourth-order valence-electron chi connectivity index (χ4n) is 2.93. The Morgan fingerprint density at radius 3 is 2.24 bits per heavy atom. The van der Waals surface area contributed by atoms with Crippen LogP contribution in [0.1, 0.15) is 44.6 Å². The third-order valence-corrected chi connectivity index (χ3v) is 4.68. The predicted octanol–water partition coefficient (Wildman–Crippen LogP) is 4.89. The molecule has 7 nitrogen and oxygen atoms in total. The molecule has 0 radical (unpaired) electrons. The molecule has 0 spiro atoms. The van der Waals surface area contributed by atoms with Crippen LogP contribution in [0.15, 0.2) is 60.7 Å². The van der Waals surface area contributed by atoms with Crippen molar-refractivity contribution in [2.45, 2.75) is 39.0 Å². The molecule has 2 aromatic rings. The lowest BCUT2D eigenvalue weighted by atomic mass is 10.2. The lowest BCUT2D eigenvalue weighted by molar-refractivity contribution is -0.159. The van der Waals surface area contributed by atoms with Crippen LogP contribution >= 0.6 is 0 Å². The summed E-state index contributed by atoms with van der Waals surface area (Å²) in [4.78, 5) is 23.3. The van der Waals surface area contributed by atoms with E-state index in [2.05, 4.69) is 0 Å². The molecule has 0 fully saturated rings. The highest BCUT2D eigenvalue weighted by atomic mass is 16.5. The number of para-hydroxylation sites is 1. The van der Waals surface area contributed by atoms with Gasteiger partial charge in [-0.05, 0) is 62.1 Å². The number of rotatable bonds is 15. The van der Waals surface area contributed by atoms with E-state index >= 15 is 0 Å². The molecule has 0 saturated heterocycles. The van der Waals surface area contributed by atoms with Crippen LogP contribution in [-0.4, -0.2) is 48.5 Å². The average Bonchev–Trinajstić information content (AvgIpc) is 2.84. The summed E-state index contributed by atoms with van der Waals surface area (Å²) in [6.07, 6.45) is 6.49. The predicted molar refractivity (Wildman–Crippen MR) is 126 cm³/mol. The number of unbranched alkanes of at least 4 members (excludes halogenated alkanes) is 2. The van der Waals surface area contributed by atoms with Gasteiger partial charge in [-0.15, -0.1) is 0 Å². The Kier molecular flexibility index (Phi) is 12.2. The molecule has 178 valence electrons. The molecular formula is C26H33NO6. The van der Waals surface area contributed by atoms with E-state index in [1.807, 2.05) is 54.6 Å². The van der Waals surface area contributed by atoms with Gasteiger partial charge in [0.15, 0.2) is 0 Å². The van der Waals surface area contributed by atoms with Crippen LogP contribution in [0.4, 0.5) is 0 Å². The highest BCUT2D eigenvalue weighted by Gasteiger charge is 2.07. The van der Waals surface area contributed by atoms with Gasteiger partial charge in [-0.1, -0.05) is 30.3 Å². The molecule has 33 heavy (non-hydrogen) atoms. The summed E-state index contributed by atoms with van der Waals surface area (Å²) >= 11 is 0. The third-order valence-electron chi connectivity index (χ3n) is 4.68. The first-order chi connectivity index (χ1) is 16.1. The van der Waals surface area contributed by atoms with Gasteiger partial charge in [0.2, 0.25) is 0 Å². The lowest BCUT2D eigenvalue weighted by Crippen LogP contribution is -2.27. The summed E-state index contributed by atoms with van der Waals surface area (Å²) in [6, 6.07) is 16.7. The van der Waals surface area contributed by atoms with Crippen LogP contribution in [0.5, 0.6) is 11.5 Å². The molecule has 0 heterocycles. The topological polar surface area (TPSA) is 85.3 Å². The van der Waals surface area contributed by atoms with Crippen molar-refractivity contribution in [2.75, 3.05) is 26.4 Å². The fraction of sp³-hybridized carbons (Fsp3) is 0.385. The van der Waals surface area contributed by atoms with Gasteiger partial charge < -0.3 is 14.2 Å². The van der Waals surface area contributed by atoms with Gasteiger partial charge in [-0.25, -0.2) is 5.06 Å². The summed E-state index contributed by atoms with van der Waals surface area (Å²) < 4.78 is 16.1. The number of carbonyl (C=O) groups excluding carboxylic acids is 2. The third kappa shape index (κ3) is 11.2. The van der Waals surface area contributed by atoms with Crippen LogP contribution in [0.3, 0.4) is 0 Å². The minimum atomic E-state index is -0.488. The van der Waals surface area contributed by atoms with Gasteiger partial charge in [0, 0.05) is 18.9 Å². The van der Waals surface area contributed by atoms with E-state index in [0.717, 1.165) is 36.3 Å². The molecule has 0 atom stereocenters. The molecule has 2 rings (SSSR count). The molecule has 0 aliphatic rings. The molecular weight excluding hydrogens is 422 g/mol. The number of amides is 1. The molecule has 0 aliphatic heterocycles. The number of nitrogens with zero attached hydrogens (tertiary/aromatic N) is 1. The number of hydroxylamine groups is 2. The molecule has 2 aromatic carbocycles. The maximum Gasteiger partial charge on any atom is 0.305 e. The van der Waals surface area contributed by atoms with Gasteiger partial charge in [0.1, 0.15) is 11.5 Å².